The van der Waals surface area contributed by atoms with Crippen molar-refractivity contribution in [3.8, 4) is 16.9 Å². The number of carbonyl (C=O) groups excluding carboxylic acids is 2. The SMILES string of the molecule is CC(C)NC(=O)c1ccccc1-c1ccccc1C(=O)Nc1ccc(OC(F)(F)F)cc1Cl. The fraction of sp³-hybridized carbons (Fsp3) is 0.167. The standard InChI is InChI=1S/C24H20ClF3N2O3/c1-14(2)29-22(31)18-9-5-3-7-16(18)17-8-4-6-10-19(17)23(32)30-21-12-11-15(13-20(21)25)33-24(26,27)28/h3-14H,1-2H3,(H,29,31)(H,30,32). The molecule has 9 heteroatoms. The van der Waals surface area contributed by atoms with Crippen molar-refractivity contribution in [3.63, 3.8) is 0 Å². The monoisotopic (exact) mass is 476 g/mol. The van der Waals surface area contributed by atoms with Gasteiger partial charge in [0.2, 0.25) is 0 Å². The van der Waals surface area contributed by atoms with Crippen LogP contribution in [0.25, 0.3) is 11.1 Å². The average Bonchev–Trinajstić information content (AvgIpc) is 2.74. The first-order chi connectivity index (χ1) is 15.5. The zero-order chi connectivity index (χ0) is 24.2. The van der Waals surface area contributed by atoms with Gasteiger partial charge in [0.1, 0.15) is 5.75 Å². The van der Waals surface area contributed by atoms with Crippen molar-refractivity contribution in [2.24, 2.45) is 0 Å². The van der Waals surface area contributed by atoms with Crippen molar-refractivity contribution in [3.05, 3.63) is 82.9 Å². The molecule has 0 atom stereocenters. The lowest BCUT2D eigenvalue weighted by molar-refractivity contribution is -0.274. The highest BCUT2D eigenvalue weighted by atomic mass is 35.5. The molecule has 0 unspecified atom stereocenters. The lowest BCUT2D eigenvalue weighted by atomic mass is 9.94. The topological polar surface area (TPSA) is 67.4 Å². The summed E-state index contributed by atoms with van der Waals surface area (Å²) in [5.74, 6) is -1.33. The Labute approximate surface area is 193 Å². The van der Waals surface area contributed by atoms with E-state index < -0.39 is 18.0 Å². The number of hydrogen-bond acceptors (Lipinski definition) is 3. The van der Waals surface area contributed by atoms with E-state index in [4.69, 9.17) is 11.6 Å². The summed E-state index contributed by atoms with van der Waals surface area (Å²) in [7, 11) is 0. The van der Waals surface area contributed by atoms with E-state index in [0.717, 1.165) is 12.1 Å². The molecule has 0 fully saturated rings. The maximum absolute atomic E-state index is 13.1. The van der Waals surface area contributed by atoms with E-state index in [2.05, 4.69) is 15.4 Å². The molecule has 2 amide bonds. The van der Waals surface area contributed by atoms with Crippen molar-refractivity contribution >= 4 is 29.1 Å². The molecule has 33 heavy (non-hydrogen) atoms. The van der Waals surface area contributed by atoms with Gasteiger partial charge in [-0.3, -0.25) is 9.59 Å². The second-order valence-corrected chi connectivity index (χ2v) is 7.77. The quantitative estimate of drug-likeness (QED) is 0.439. The lowest BCUT2D eigenvalue weighted by Crippen LogP contribution is -2.30. The Morgan fingerprint density at radius 1 is 0.879 bits per heavy atom. The Kier molecular flexibility index (Phi) is 7.28. The molecule has 3 rings (SSSR count). The Bertz CT molecular complexity index is 1180. The highest BCUT2D eigenvalue weighted by molar-refractivity contribution is 6.34. The van der Waals surface area contributed by atoms with E-state index in [1.807, 2.05) is 13.8 Å². The second-order valence-electron chi connectivity index (χ2n) is 7.36. The molecule has 0 aliphatic carbocycles. The minimum atomic E-state index is -4.86. The number of benzene rings is 3. The first-order valence-corrected chi connectivity index (χ1v) is 10.3. The number of carbonyl (C=O) groups is 2. The third kappa shape index (κ3) is 6.26. The number of nitrogens with one attached hydrogen (secondary N) is 2. The predicted octanol–water partition coefficient (Wildman–Crippen LogP) is 6.30. The molecule has 3 aromatic carbocycles. The number of ether oxygens (including phenoxy) is 1. The molecule has 3 aromatic rings. The molecule has 0 saturated carbocycles. The van der Waals surface area contributed by atoms with Crippen LogP contribution in [-0.4, -0.2) is 24.2 Å². The van der Waals surface area contributed by atoms with Gasteiger partial charge in [-0.25, -0.2) is 0 Å². The Morgan fingerprint density at radius 3 is 1.94 bits per heavy atom. The van der Waals surface area contributed by atoms with Crippen LogP contribution in [0.15, 0.2) is 66.7 Å². The van der Waals surface area contributed by atoms with Gasteiger partial charge in [0.25, 0.3) is 11.8 Å². The minimum absolute atomic E-state index is 0.0736. The van der Waals surface area contributed by atoms with E-state index in [-0.39, 0.29) is 28.2 Å². The van der Waals surface area contributed by atoms with Crippen LogP contribution in [-0.2, 0) is 0 Å². The lowest BCUT2D eigenvalue weighted by Gasteiger charge is -2.16. The summed E-state index contributed by atoms with van der Waals surface area (Å²) in [6.45, 7) is 3.69. The van der Waals surface area contributed by atoms with E-state index in [1.165, 1.54) is 6.07 Å². The summed E-state index contributed by atoms with van der Waals surface area (Å²) in [6, 6.07) is 16.7. The van der Waals surface area contributed by atoms with Gasteiger partial charge in [0.15, 0.2) is 0 Å². The predicted molar refractivity (Wildman–Crippen MR) is 121 cm³/mol. The van der Waals surface area contributed by atoms with Crippen molar-refractivity contribution in [1.82, 2.24) is 5.32 Å². The van der Waals surface area contributed by atoms with Crippen LogP contribution in [0.3, 0.4) is 0 Å². The fourth-order valence-corrected chi connectivity index (χ4v) is 3.37. The zero-order valence-electron chi connectivity index (χ0n) is 17.7. The number of hydrogen-bond donors (Lipinski definition) is 2. The number of halogens is 4. The normalized spacial score (nSPS) is 11.2. The van der Waals surface area contributed by atoms with E-state index >= 15 is 0 Å². The molecule has 0 aliphatic heterocycles. The van der Waals surface area contributed by atoms with Crippen LogP contribution in [0.1, 0.15) is 34.6 Å². The zero-order valence-corrected chi connectivity index (χ0v) is 18.4. The molecule has 172 valence electrons. The van der Waals surface area contributed by atoms with Crippen LogP contribution >= 0.6 is 11.6 Å². The molecule has 0 aliphatic rings. The van der Waals surface area contributed by atoms with Crippen LogP contribution in [0.4, 0.5) is 18.9 Å². The molecular weight excluding hydrogens is 457 g/mol. The highest BCUT2D eigenvalue weighted by Gasteiger charge is 2.31. The van der Waals surface area contributed by atoms with Crippen LogP contribution in [0.2, 0.25) is 5.02 Å². The van der Waals surface area contributed by atoms with Gasteiger partial charge >= 0.3 is 6.36 Å². The van der Waals surface area contributed by atoms with Crippen LogP contribution in [0.5, 0.6) is 5.75 Å². The number of amides is 2. The fourth-order valence-electron chi connectivity index (χ4n) is 3.16. The van der Waals surface area contributed by atoms with Gasteiger partial charge in [-0.1, -0.05) is 48.0 Å². The van der Waals surface area contributed by atoms with Gasteiger partial charge in [-0.2, -0.15) is 0 Å². The van der Waals surface area contributed by atoms with Crippen molar-refractivity contribution in [2.45, 2.75) is 26.3 Å². The van der Waals surface area contributed by atoms with Crippen molar-refractivity contribution < 1.29 is 27.5 Å². The van der Waals surface area contributed by atoms with E-state index in [9.17, 15) is 22.8 Å². The largest absolute Gasteiger partial charge is 0.573 e. The maximum Gasteiger partial charge on any atom is 0.573 e. The summed E-state index contributed by atoms with van der Waals surface area (Å²) in [4.78, 5) is 25.7. The highest BCUT2D eigenvalue weighted by Crippen LogP contribution is 2.32. The molecule has 2 N–H and O–H groups in total. The molecule has 0 aromatic heterocycles. The maximum atomic E-state index is 13.1. The summed E-state index contributed by atoms with van der Waals surface area (Å²) in [5.41, 5.74) is 1.84. The van der Waals surface area contributed by atoms with Gasteiger partial charge in [-0.15, -0.1) is 13.2 Å². The smallest absolute Gasteiger partial charge is 0.406 e. The third-order valence-corrected chi connectivity index (χ3v) is 4.79. The Hall–Kier alpha value is -3.52. The summed E-state index contributed by atoms with van der Waals surface area (Å²) < 4.78 is 41.1. The van der Waals surface area contributed by atoms with Gasteiger partial charge in [-0.05, 0) is 49.2 Å². The molecule has 0 bridgehead atoms. The molecule has 0 saturated heterocycles. The molecule has 0 radical (unpaired) electrons. The Morgan fingerprint density at radius 2 is 1.42 bits per heavy atom. The molecule has 0 spiro atoms. The number of rotatable bonds is 6. The molecule has 5 nitrogen and oxygen atoms in total. The average molecular weight is 477 g/mol. The summed E-state index contributed by atoms with van der Waals surface area (Å²) in [6.07, 6.45) is -4.86. The second kappa shape index (κ2) is 9.95. The van der Waals surface area contributed by atoms with Gasteiger partial charge in [0, 0.05) is 23.2 Å². The van der Waals surface area contributed by atoms with Gasteiger partial charge in [0.05, 0.1) is 10.7 Å². The van der Waals surface area contributed by atoms with E-state index in [1.54, 1.807) is 48.5 Å². The van der Waals surface area contributed by atoms with Crippen LogP contribution in [0, 0.1) is 0 Å². The number of alkyl halides is 3. The van der Waals surface area contributed by atoms with Crippen molar-refractivity contribution in [1.29, 1.82) is 0 Å². The summed E-state index contributed by atoms with van der Waals surface area (Å²) >= 11 is 6.05. The molecule has 0 heterocycles. The number of anilines is 1. The third-order valence-electron chi connectivity index (χ3n) is 4.48. The van der Waals surface area contributed by atoms with Crippen molar-refractivity contribution in [2.75, 3.05) is 5.32 Å². The first-order valence-electron chi connectivity index (χ1n) is 9.91. The molecular formula is C24H20ClF3N2O3. The van der Waals surface area contributed by atoms with Crippen LogP contribution < -0.4 is 15.4 Å². The summed E-state index contributed by atoms with van der Waals surface area (Å²) in [5, 5.41) is 5.31. The first kappa shape index (κ1) is 24.1. The minimum Gasteiger partial charge on any atom is -0.406 e. The van der Waals surface area contributed by atoms with Gasteiger partial charge < -0.3 is 15.4 Å². The Balaban J connectivity index is 1.92. The van der Waals surface area contributed by atoms with E-state index in [0.29, 0.717) is 16.7 Å².